The van der Waals surface area contributed by atoms with Crippen LogP contribution < -0.4 is 10.2 Å². The molecule has 6 nitrogen and oxygen atoms in total. The Morgan fingerprint density at radius 3 is 2.79 bits per heavy atom. The highest BCUT2D eigenvalue weighted by Gasteiger charge is 2.22. The fraction of sp³-hybridized carbons (Fsp3) is 0.400. The monoisotopic (exact) mass is 559 g/mol. The Kier molecular flexibility index (Phi) is 8.36. The molecule has 1 aliphatic heterocycles. The number of aliphatic imine (C=N–C) groups is 1. The van der Waals surface area contributed by atoms with E-state index in [1.54, 1.807) is 7.05 Å². The van der Waals surface area contributed by atoms with E-state index in [-0.39, 0.29) is 36.4 Å². The number of halogens is 2. The number of hydrogen-bond acceptors (Lipinski definition) is 2. The normalized spacial score (nSPS) is 13.6. The summed E-state index contributed by atoms with van der Waals surface area (Å²) in [6, 6.07) is 10.2. The number of hydrogen-bond donors (Lipinski definition) is 1. The number of para-hydroxylation sites is 1. The van der Waals surface area contributed by atoms with Gasteiger partial charge in [-0.25, -0.2) is 0 Å². The van der Waals surface area contributed by atoms with Crippen LogP contribution in [0.15, 0.2) is 46.0 Å². The average Bonchev–Trinajstić information content (AvgIpc) is 2.98. The number of nitrogens with one attached hydrogen (secondary N) is 1. The Balaban J connectivity index is 0.00000280. The molecule has 1 amide bonds. The molecule has 152 valence electrons. The summed E-state index contributed by atoms with van der Waals surface area (Å²) < 4.78 is 3.12. The molecule has 1 aromatic carbocycles. The predicted octanol–water partition coefficient (Wildman–Crippen LogP) is 3.39. The van der Waals surface area contributed by atoms with Gasteiger partial charge in [0.25, 0.3) is 0 Å². The Labute approximate surface area is 192 Å². The van der Waals surface area contributed by atoms with E-state index in [0.29, 0.717) is 12.5 Å². The summed E-state index contributed by atoms with van der Waals surface area (Å²) >= 11 is 3.50. The van der Waals surface area contributed by atoms with Crippen molar-refractivity contribution in [1.29, 1.82) is 0 Å². The van der Waals surface area contributed by atoms with Gasteiger partial charge in [0.2, 0.25) is 5.91 Å². The van der Waals surface area contributed by atoms with E-state index in [1.165, 1.54) is 5.56 Å². The quantitative estimate of drug-likeness (QED) is 0.355. The zero-order chi connectivity index (χ0) is 19.4. The molecular weight excluding hydrogens is 533 g/mol. The van der Waals surface area contributed by atoms with Gasteiger partial charge in [0.15, 0.2) is 5.96 Å². The zero-order valence-corrected chi connectivity index (χ0v) is 20.4. The standard InChI is InChI=1S/C20H26BrN5O.HI/c1-22-20(25(3)14-17-11-16(21)13-24(17)2)23-12-19(27)26-10-6-8-15-7-4-5-9-18(15)26;/h4-5,7,9,11,13H,6,8,10,12,14H2,1-3H3,(H,22,23);1H. The van der Waals surface area contributed by atoms with Gasteiger partial charge in [-0.2, -0.15) is 0 Å². The van der Waals surface area contributed by atoms with E-state index >= 15 is 0 Å². The highest BCUT2D eigenvalue weighted by Crippen LogP contribution is 2.26. The number of benzene rings is 1. The topological polar surface area (TPSA) is 52.9 Å². The maximum absolute atomic E-state index is 12.8. The van der Waals surface area contributed by atoms with Crippen molar-refractivity contribution in [2.24, 2.45) is 12.0 Å². The predicted molar refractivity (Wildman–Crippen MR) is 128 cm³/mol. The minimum atomic E-state index is 0. The van der Waals surface area contributed by atoms with Crippen molar-refractivity contribution < 1.29 is 4.79 Å². The van der Waals surface area contributed by atoms with Crippen molar-refractivity contribution in [3.63, 3.8) is 0 Å². The fourth-order valence-corrected chi connectivity index (χ4v) is 4.04. The molecule has 0 aliphatic carbocycles. The fourth-order valence-electron chi connectivity index (χ4n) is 3.47. The van der Waals surface area contributed by atoms with Crippen LogP contribution in [0.4, 0.5) is 5.69 Å². The summed E-state index contributed by atoms with van der Waals surface area (Å²) in [6.07, 6.45) is 4.06. The van der Waals surface area contributed by atoms with Crippen LogP contribution in [0.5, 0.6) is 0 Å². The molecule has 0 saturated carbocycles. The van der Waals surface area contributed by atoms with Crippen molar-refractivity contribution >= 4 is 57.5 Å². The highest BCUT2D eigenvalue weighted by atomic mass is 127. The molecule has 8 heteroatoms. The highest BCUT2D eigenvalue weighted by molar-refractivity contribution is 14.0. The van der Waals surface area contributed by atoms with E-state index in [2.05, 4.69) is 42.9 Å². The summed E-state index contributed by atoms with van der Waals surface area (Å²) in [5.41, 5.74) is 3.43. The minimum Gasteiger partial charge on any atom is -0.352 e. The van der Waals surface area contributed by atoms with Gasteiger partial charge < -0.3 is 19.7 Å². The van der Waals surface area contributed by atoms with Crippen molar-refractivity contribution in [1.82, 2.24) is 14.8 Å². The molecule has 0 unspecified atom stereocenters. The van der Waals surface area contributed by atoms with Gasteiger partial charge in [0.1, 0.15) is 0 Å². The van der Waals surface area contributed by atoms with Crippen molar-refractivity contribution in [3.8, 4) is 0 Å². The maximum atomic E-state index is 12.8. The first kappa shape index (κ1) is 22.7. The molecule has 0 saturated heterocycles. The van der Waals surface area contributed by atoms with Gasteiger partial charge in [-0.05, 0) is 46.5 Å². The Morgan fingerprint density at radius 2 is 2.11 bits per heavy atom. The summed E-state index contributed by atoms with van der Waals surface area (Å²) in [5.74, 6) is 0.768. The molecule has 1 aromatic heterocycles. The van der Waals surface area contributed by atoms with Gasteiger partial charge in [-0.15, -0.1) is 24.0 Å². The number of guanidine groups is 1. The van der Waals surface area contributed by atoms with Gasteiger partial charge in [0.05, 0.1) is 13.1 Å². The Bertz CT molecular complexity index is 851. The number of aryl methyl sites for hydroxylation is 2. The second kappa shape index (κ2) is 10.3. The summed E-state index contributed by atoms with van der Waals surface area (Å²) in [4.78, 5) is 21.0. The lowest BCUT2D eigenvalue weighted by atomic mass is 10.0. The molecule has 0 atom stereocenters. The SMILES string of the molecule is CN=C(NCC(=O)N1CCCc2ccccc21)N(C)Cc1cc(Br)cn1C.I. The van der Waals surface area contributed by atoms with Crippen LogP contribution in [0.3, 0.4) is 0 Å². The first-order chi connectivity index (χ1) is 13.0. The third kappa shape index (κ3) is 5.28. The van der Waals surface area contributed by atoms with Crippen LogP contribution in [-0.4, -0.2) is 48.5 Å². The molecule has 0 radical (unpaired) electrons. The largest absolute Gasteiger partial charge is 0.352 e. The van der Waals surface area contributed by atoms with Crippen molar-refractivity contribution in [2.75, 3.05) is 32.1 Å². The zero-order valence-electron chi connectivity index (χ0n) is 16.5. The summed E-state index contributed by atoms with van der Waals surface area (Å²) in [5, 5.41) is 3.21. The Hall–Kier alpha value is -1.55. The molecule has 28 heavy (non-hydrogen) atoms. The molecule has 1 N–H and O–H groups in total. The first-order valence-corrected chi connectivity index (χ1v) is 9.89. The minimum absolute atomic E-state index is 0. The van der Waals surface area contributed by atoms with Gasteiger partial charge in [0, 0.05) is 49.7 Å². The van der Waals surface area contributed by atoms with Crippen LogP contribution in [0, 0.1) is 0 Å². The van der Waals surface area contributed by atoms with Gasteiger partial charge >= 0.3 is 0 Å². The number of nitrogens with zero attached hydrogens (tertiary/aromatic N) is 4. The molecule has 2 aromatic rings. The van der Waals surface area contributed by atoms with Gasteiger partial charge in [-0.3, -0.25) is 9.79 Å². The van der Waals surface area contributed by atoms with E-state index < -0.39 is 0 Å². The van der Waals surface area contributed by atoms with E-state index in [0.717, 1.165) is 35.2 Å². The number of amides is 1. The average molecular weight is 560 g/mol. The van der Waals surface area contributed by atoms with E-state index in [9.17, 15) is 4.79 Å². The van der Waals surface area contributed by atoms with Gasteiger partial charge in [-0.1, -0.05) is 18.2 Å². The van der Waals surface area contributed by atoms with Crippen LogP contribution in [0.2, 0.25) is 0 Å². The third-order valence-electron chi connectivity index (χ3n) is 4.86. The lowest BCUT2D eigenvalue weighted by Crippen LogP contribution is -2.46. The lowest BCUT2D eigenvalue weighted by molar-refractivity contribution is -0.117. The lowest BCUT2D eigenvalue weighted by Gasteiger charge is -2.30. The number of rotatable bonds is 4. The molecule has 0 spiro atoms. The number of fused-ring (bicyclic) bond motifs is 1. The van der Waals surface area contributed by atoms with Crippen molar-refractivity contribution in [3.05, 3.63) is 52.3 Å². The van der Waals surface area contributed by atoms with E-state index in [4.69, 9.17) is 0 Å². The number of carbonyl (C=O) groups excluding carboxylic acids is 1. The third-order valence-corrected chi connectivity index (χ3v) is 5.29. The second-order valence-corrected chi connectivity index (χ2v) is 7.71. The smallest absolute Gasteiger partial charge is 0.246 e. The molecule has 0 bridgehead atoms. The summed E-state index contributed by atoms with van der Waals surface area (Å²) in [7, 11) is 5.72. The summed E-state index contributed by atoms with van der Waals surface area (Å²) in [6.45, 7) is 1.69. The molecule has 1 aliphatic rings. The number of anilines is 1. The van der Waals surface area contributed by atoms with Crippen molar-refractivity contribution in [2.45, 2.75) is 19.4 Å². The second-order valence-electron chi connectivity index (χ2n) is 6.80. The van der Waals surface area contributed by atoms with E-state index in [1.807, 2.05) is 48.3 Å². The number of aromatic nitrogens is 1. The van der Waals surface area contributed by atoms with Crippen LogP contribution >= 0.6 is 39.9 Å². The Morgan fingerprint density at radius 1 is 1.36 bits per heavy atom. The number of carbonyl (C=O) groups is 1. The molecule has 0 fully saturated rings. The van der Waals surface area contributed by atoms with Crippen LogP contribution in [0.25, 0.3) is 0 Å². The first-order valence-electron chi connectivity index (χ1n) is 9.10. The maximum Gasteiger partial charge on any atom is 0.246 e. The molecule has 3 rings (SSSR count). The molecule has 2 heterocycles. The van der Waals surface area contributed by atoms with Crippen LogP contribution in [-0.2, 0) is 24.8 Å². The van der Waals surface area contributed by atoms with Crippen LogP contribution in [0.1, 0.15) is 17.7 Å². The molecular formula is C20H27BrIN5O.